The second kappa shape index (κ2) is 7.37. The number of alkyl halides is 2. The van der Waals surface area contributed by atoms with E-state index in [1.165, 1.54) is 27.2 Å². The zero-order chi connectivity index (χ0) is 23.4. The summed E-state index contributed by atoms with van der Waals surface area (Å²) in [5, 5.41) is 14.4. The number of nitrogens with zero attached hydrogens (tertiary/aromatic N) is 7. The van der Waals surface area contributed by atoms with E-state index in [4.69, 9.17) is 0 Å². The van der Waals surface area contributed by atoms with Gasteiger partial charge in [-0.3, -0.25) is 14.2 Å². The lowest BCUT2D eigenvalue weighted by molar-refractivity contribution is -0.117. The summed E-state index contributed by atoms with van der Waals surface area (Å²) in [5.74, 6) is -3.95. The van der Waals surface area contributed by atoms with Crippen molar-refractivity contribution in [3.63, 3.8) is 0 Å². The molecule has 34 heavy (non-hydrogen) atoms. The molecule has 0 radical (unpaired) electrons. The summed E-state index contributed by atoms with van der Waals surface area (Å²) in [5.41, 5.74) is 2.61. The van der Waals surface area contributed by atoms with Crippen molar-refractivity contribution in [2.75, 3.05) is 5.32 Å². The number of hydrogen-bond acceptors (Lipinski definition) is 6. The number of fused-ring (bicyclic) bond motifs is 2. The van der Waals surface area contributed by atoms with Gasteiger partial charge in [0.25, 0.3) is 0 Å². The first-order valence-corrected chi connectivity index (χ1v) is 10.7. The van der Waals surface area contributed by atoms with Crippen LogP contribution >= 0.6 is 0 Å². The van der Waals surface area contributed by atoms with Crippen LogP contribution in [0.4, 0.5) is 14.6 Å². The molecule has 9 nitrogen and oxygen atoms in total. The minimum Gasteiger partial charge on any atom is -0.309 e. The second-order valence-corrected chi connectivity index (χ2v) is 8.35. The number of nitrogens with one attached hydrogen (secondary N) is 1. The van der Waals surface area contributed by atoms with E-state index in [0.717, 1.165) is 24.0 Å². The van der Waals surface area contributed by atoms with Gasteiger partial charge in [-0.1, -0.05) is 0 Å². The zero-order valence-electron chi connectivity index (χ0n) is 18.0. The number of halogens is 2. The highest BCUT2D eigenvalue weighted by molar-refractivity contribution is 5.93. The quantitative estimate of drug-likeness (QED) is 0.430. The molecule has 0 saturated heterocycles. The van der Waals surface area contributed by atoms with Crippen molar-refractivity contribution in [2.45, 2.75) is 25.7 Å². The third-order valence-corrected chi connectivity index (χ3v) is 5.87. The lowest BCUT2D eigenvalue weighted by atomic mass is 10.1. The minimum absolute atomic E-state index is 0.000710. The van der Waals surface area contributed by atoms with Crippen LogP contribution < -0.4 is 5.32 Å². The average Bonchev–Trinajstić information content (AvgIpc) is 3.47. The van der Waals surface area contributed by atoms with Gasteiger partial charge in [-0.25, -0.2) is 9.50 Å². The molecule has 1 fully saturated rings. The van der Waals surface area contributed by atoms with Crippen LogP contribution in [0.5, 0.6) is 0 Å². The van der Waals surface area contributed by atoms with Crippen molar-refractivity contribution >= 4 is 23.0 Å². The SMILES string of the molecule is Cc1ccncc1-c1ccc2nnc(C(F)(F)c3ccc4nc(NC(=O)C5CC5)cn4n3)n2c1. The molecule has 0 bridgehead atoms. The first-order chi connectivity index (χ1) is 16.4. The number of carbonyl (C=O) groups is 1. The monoisotopic (exact) mass is 460 g/mol. The molecule has 1 aliphatic rings. The molecule has 5 heterocycles. The van der Waals surface area contributed by atoms with Crippen molar-refractivity contribution in [3.05, 3.63) is 72.2 Å². The highest BCUT2D eigenvalue weighted by atomic mass is 19.3. The molecular formula is C23H18F2N8O. The van der Waals surface area contributed by atoms with Crippen LogP contribution in [-0.2, 0) is 10.7 Å². The van der Waals surface area contributed by atoms with Crippen LogP contribution in [0.15, 0.2) is 55.1 Å². The Balaban J connectivity index is 1.38. The summed E-state index contributed by atoms with van der Waals surface area (Å²) in [6.45, 7) is 1.93. The maximum Gasteiger partial charge on any atom is 0.350 e. The predicted octanol–water partition coefficient (Wildman–Crippen LogP) is 3.63. The number of aromatic nitrogens is 7. The number of anilines is 1. The fourth-order valence-electron chi connectivity index (χ4n) is 3.83. The summed E-state index contributed by atoms with van der Waals surface area (Å²) in [6, 6.07) is 7.91. The van der Waals surface area contributed by atoms with Crippen molar-refractivity contribution in [1.82, 2.24) is 34.2 Å². The Bertz CT molecular complexity index is 1570. The number of hydrogen-bond donors (Lipinski definition) is 1. The number of pyridine rings is 2. The molecule has 0 spiro atoms. The highest BCUT2D eigenvalue weighted by Gasteiger charge is 2.41. The Kier molecular flexibility index (Phi) is 4.41. The molecule has 0 aromatic carbocycles. The molecule has 11 heteroatoms. The Labute approximate surface area is 191 Å². The number of rotatable bonds is 5. The fraction of sp³-hybridized carbons (Fsp3) is 0.217. The van der Waals surface area contributed by atoms with Crippen LogP contribution in [0.2, 0.25) is 0 Å². The minimum atomic E-state index is -3.54. The predicted molar refractivity (Wildman–Crippen MR) is 118 cm³/mol. The summed E-state index contributed by atoms with van der Waals surface area (Å²) in [7, 11) is 0. The Morgan fingerprint density at radius 2 is 1.91 bits per heavy atom. The van der Waals surface area contributed by atoms with Gasteiger partial charge in [-0.2, -0.15) is 13.9 Å². The van der Waals surface area contributed by atoms with Crippen LogP contribution in [0, 0.1) is 12.8 Å². The fourth-order valence-corrected chi connectivity index (χ4v) is 3.83. The van der Waals surface area contributed by atoms with Crippen molar-refractivity contribution in [2.24, 2.45) is 5.92 Å². The van der Waals surface area contributed by atoms with Crippen LogP contribution in [0.1, 0.15) is 29.9 Å². The van der Waals surface area contributed by atoms with E-state index in [2.05, 4.69) is 30.6 Å². The van der Waals surface area contributed by atoms with Gasteiger partial charge in [-0.05, 0) is 55.7 Å². The summed E-state index contributed by atoms with van der Waals surface area (Å²) >= 11 is 0. The molecule has 5 aromatic rings. The molecule has 0 atom stereocenters. The molecule has 1 saturated carbocycles. The van der Waals surface area contributed by atoms with Gasteiger partial charge in [0.2, 0.25) is 11.7 Å². The largest absolute Gasteiger partial charge is 0.350 e. The standard InChI is InChI=1S/C23H18F2N8O/c1-13-8-9-26-10-16(13)15-4-6-20-29-30-22(32(20)11-15)23(24,25)17-5-7-19-27-18(12-33(19)31-17)28-21(34)14-2-3-14/h4-12,14H,2-3H2,1H3,(H,28,34). The lowest BCUT2D eigenvalue weighted by Gasteiger charge is -2.14. The molecule has 5 aromatic heterocycles. The number of carbonyl (C=O) groups excluding carboxylic acids is 1. The summed E-state index contributed by atoms with van der Waals surface area (Å²) < 4.78 is 33.7. The van der Waals surface area contributed by atoms with E-state index in [1.807, 2.05) is 13.0 Å². The van der Waals surface area contributed by atoms with Gasteiger partial charge >= 0.3 is 5.92 Å². The van der Waals surface area contributed by atoms with Crippen molar-refractivity contribution in [1.29, 1.82) is 0 Å². The Hall–Kier alpha value is -4.28. The Morgan fingerprint density at radius 3 is 2.71 bits per heavy atom. The third kappa shape index (κ3) is 3.36. The van der Waals surface area contributed by atoms with Crippen LogP contribution in [0.25, 0.3) is 22.4 Å². The maximum absolute atomic E-state index is 15.6. The average molecular weight is 460 g/mol. The number of aryl methyl sites for hydroxylation is 1. The first kappa shape index (κ1) is 20.3. The number of imidazole rings is 1. The molecule has 1 amide bonds. The molecule has 1 N–H and O–H groups in total. The van der Waals surface area contributed by atoms with Crippen molar-refractivity contribution < 1.29 is 13.6 Å². The summed E-state index contributed by atoms with van der Waals surface area (Å²) in [6.07, 6.45) is 8.05. The van der Waals surface area contributed by atoms with Gasteiger partial charge < -0.3 is 5.32 Å². The van der Waals surface area contributed by atoms with E-state index < -0.39 is 17.4 Å². The van der Waals surface area contributed by atoms with Gasteiger partial charge in [-0.15, -0.1) is 10.2 Å². The van der Waals surface area contributed by atoms with Crippen molar-refractivity contribution in [3.8, 4) is 11.1 Å². The van der Waals surface area contributed by atoms with E-state index in [9.17, 15) is 4.79 Å². The summed E-state index contributed by atoms with van der Waals surface area (Å²) in [4.78, 5) is 20.4. The van der Waals surface area contributed by atoms with E-state index in [-0.39, 0.29) is 23.3 Å². The van der Waals surface area contributed by atoms with Gasteiger partial charge in [0.05, 0.1) is 6.20 Å². The third-order valence-electron chi connectivity index (χ3n) is 5.87. The number of amides is 1. The Morgan fingerprint density at radius 1 is 1.09 bits per heavy atom. The van der Waals surface area contributed by atoms with E-state index >= 15 is 8.78 Å². The van der Waals surface area contributed by atoms with Crippen LogP contribution in [0.3, 0.4) is 0 Å². The van der Waals surface area contributed by atoms with Gasteiger partial charge in [0.15, 0.2) is 17.1 Å². The molecule has 0 unspecified atom stereocenters. The maximum atomic E-state index is 15.6. The molecule has 1 aliphatic carbocycles. The topological polar surface area (TPSA) is 102 Å². The van der Waals surface area contributed by atoms with Gasteiger partial charge in [0, 0.05) is 35.6 Å². The molecule has 0 aliphatic heterocycles. The van der Waals surface area contributed by atoms with E-state index in [1.54, 1.807) is 30.7 Å². The van der Waals surface area contributed by atoms with E-state index in [0.29, 0.717) is 11.2 Å². The van der Waals surface area contributed by atoms with Crippen LogP contribution in [-0.4, -0.2) is 40.1 Å². The van der Waals surface area contributed by atoms with Gasteiger partial charge in [0.1, 0.15) is 5.69 Å². The molecular weight excluding hydrogens is 442 g/mol. The molecule has 6 rings (SSSR count). The first-order valence-electron chi connectivity index (χ1n) is 10.7. The zero-order valence-corrected chi connectivity index (χ0v) is 18.0. The normalized spacial score (nSPS) is 14.1. The second-order valence-electron chi connectivity index (χ2n) is 8.35. The smallest absolute Gasteiger partial charge is 0.309 e. The lowest BCUT2D eigenvalue weighted by Crippen LogP contribution is -2.22. The molecule has 170 valence electrons. The highest BCUT2D eigenvalue weighted by Crippen LogP contribution is 2.35.